The average Bonchev–Trinajstić information content (AvgIpc) is 3.06. The largest absolute Gasteiger partial charge is 0.357 e. The Morgan fingerprint density at radius 2 is 2.15 bits per heavy atom. The zero-order valence-electron chi connectivity index (χ0n) is 14.0. The van der Waals surface area contributed by atoms with E-state index in [2.05, 4.69) is 48.7 Å². The molecule has 2 amide bonds. The van der Waals surface area contributed by atoms with Gasteiger partial charge in [-0.05, 0) is 30.7 Å². The first-order valence-corrected chi connectivity index (χ1v) is 10.2. The van der Waals surface area contributed by atoms with E-state index < -0.39 is 0 Å². The molecule has 0 saturated carbocycles. The number of hydrogen-bond acceptors (Lipinski definition) is 7. The van der Waals surface area contributed by atoms with Gasteiger partial charge in [-0.2, -0.15) is 0 Å². The molecule has 0 saturated heterocycles. The Hall–Kier alpha value is -1.91. The van der Waals surface area contributed by atoms with E-state index in [9.17, 15) is 9.59 Å². The van der Waals surface area contributed by atoms with E-state index in [-0.39, 0.29) is 24.1 Å². The van der Waals surface area contributed by atoms with Gasteiger partial charge < -0.3 is 16.0 Å². The zero-order chi connectivity index (χ0) is 18.9. The van der Waals surface area contributed by atoms with Crippen molar-refractivity contribution in [2.24, 2.45) is 0 Å². The molecule has 1 heterocycles. The number of hydrogen-bond donors (Lipinski definition) is 3. The molecule has 1 aromatic heterocycles. The van der Waals surface area contributed by atoms with Gasteiger partial charge in [0.1, 0.15) is 0 Å². The van der Waals surface area contributed by atoms with Crippen LogP contribution in [0.3, 0.4) is 0 Å². The number of nitrogens with one attached hydrogen (secondary N) is 3. The second kappa shape index (κ2) is 10.3. The lowest BCUT2D eigenvalue weighted by atomic mass is 10.2. The number of amides is 2. The number of aryl methyl sites for hydroxylation is 1. The van der Waals surface area contributed by atoms with Gasteiger partial charge in [0.05, 0.1) is 12.3 Å². The highest BCUT2D eigenvalue weighted by atomic mass is 79.9. The minimum atomic E-state index is -0.277. The Labute approximate surface area is 168 Å². The fourth-order valence-corrected chi connectivity index (χ4v) is 3.88. The maximum absolute atomic E-state index is 12.0. The van der Waals surface area contributed by atoms with E-state index in [1.165, 1.54) is 23.1 Å². The number of benzene rings is 1. The topological polar surface area (TPSA) is 96.0 Å². The monoisotopic (exact) mass is 455 g/mol. The third-order valence-electron chi connectivity index (χ3n) is 3.04. The summed E-state index contributed by atoms with van der Waals surface area (Å²) < 4.78 is 1.62. The van der Waals surface area contributed by atoms with Crippen molar-refractivity contribution in [3.8, 4) is 0 Å². The van der Waals surface area contributed by atoms with Crippen molar-refractivity contribution in [2.75, 3.05) is 29.5 Å². The molecule has 0 unspecified atom stereocenters. The molecule has 3 N–H and O–H groups in total. The molecule has 7 nitrogen and oxygen atoms in total. The van der Waals surface area contributed by atoms with E-state index in [1.54, 1.807) is 6.08 Å². The lowest BCUT2D eigenvalue weighted by Gasteiger charge is -2.09. The molecule has 0 aliphatic heterocycles. The number of aromatic nitrogens is 2. The van der Waals surface area contributed by atoms with Crippen LogP contribution in [0.5, 0.6) is 0 Å². The minimum Gasteiger partial charge on any atom is -0.357 e. The second-order valence-electron chi connectivity index (χ2n) is 5.12. The van der Waals surface area contributed by atoms with E-state index in [0.29, 0.717) is 16.0 Å². The first-order chi connectivity index (χ1) is 12.5. The van der Waals surface area contributed by atoms with Crippen molar-refractivity contribution in [1.82, 2.24) is 15.5 Å². The molecular weight excluding hydrogens is 438 g/mol. The van der Waals surface area contributed by atoms with Crippen LogP contribution in [0.4, 0.5) is 10.8 Å². The van der Waals surface area contributed by atoms with Gasteiger partial charge in [0.2, 0.25) is 16.9 Å². The maximum atomic E-state index is 12.0. The van der Waals surface area contributed by atoms with Gasteiger partial charge in [0.15, 0.2) is 4.34 Å². The molecular formula is C16H18BrN5O2S2. The predicted molar refractivity (Wildman–Crippen MR) is 110 cm³/mol. The number of carbonyl (C=O) groups excluding carboxylic acids is 2. The highest BCUT2D eigenvalue weighted by Gasteiger charge is 2.10. The Kier molecular flexibility index (Phi) is 8.07. The number of anilines is 2. The number of nitrogens with zero attached hydrogens (tertiary/aromatic N) is 2. The molecule has 0 fully saturated rings. The summed E-state index contributed by atoms with van der Waals surface area (Å²) in [5.74, 6) is -0.352. The fourth-order valence-electron chi connectivity index (χ4n) is 1.82. The fraction of sp³-hybridized carbons (Fsp3) is 0.250. The van der Waals surface area contributed by atoms with Crippen molar-refractivity contribution in [2.45, 2.75) is 11.3 Å². The number of thioether (sulfide) groups is 1. The van der Waals surface area contributed by atoms with Crippen LogP contribution in [0.2, 0.25) is 0 Å². The quantitative estimate of drug-likeness (QED) is 0.397. The SMILES string of the molecule is C=CCNc1nnc(SCC(=O)NCC(=O)Nc2ccc(Br)cc2C)s1. The van der Waals surface area contributed by atoms with Crippen molar-refractivity contribution in [3.05, 3.63) is 40.9 Å². The molecule has 0 radical (unpaired) electrons. The van der Waals surface area contributed by atoms with Crippen LogP contribution in [-0.2, 0) is 9.59 Å². The standard InChI is InChI=1S/C16H18BrN5O2S2/c1-3-6-18-15-21-22-16(26-15)25-9-14(24)19-8-13(23)20-12-5-4-11(17)7-10(12)2/h3-5,7H,1,6,8-9H2,2H3,(H,18,21)(H,19,24)(H,20,23). The van der Waals surface area contributed by atoms with Crippen molar-refractivity contribution in [1.29, 1.82) is 0 Å². The number of halogens is 1. The summed E-state index contributed by atoms with van der Waals surface area (Å²) in [6, 6.07) is 5.56. The van der Waals surface area contributed by atoms with Gasteiger partial charge in [-0.1, -0.05) is 45.1 Å². The predicted octanol–water partition coefficient (Wildman–Crippen LogP) is 3.05. The summed E-state index contributed by atoms with van der Waals surface area (Å²) in [7, 11) is 0. The Bertz CT molecular complexity index is 797. The summed E-state index contributed by atoms with van der Waals surface area (Å²) in [4.78, 5) is 23.8. The van der Waals surface area contributed by atoms with Crippen LogP contribution in [0, 0.1) is 6.92 Å². The smallest absolute Gasteiger partial charge is 0.243 e. The summed E-state index contributed by atoms with van der Waals surface area (Å²) in [6.07, 6.45) is 1.72. The Morgan fingerprint density at radius 1 is 1.35 bits per heavy atom. The van der Waals surface area contributed by atoms with Crippen LogP contribution in [0.1, 0.15) is 5.56 Å². The molecule has 0 spiro atoms. The molecule has 10 heteroatoms. The first-order valence-electron chi connectivity index (χ1n) is 7.61. The van der Waals surface area contributed by atoms with E-state index >= 15 is 0 Å². The van der Waals surface area contributed by atoms with Gasteiger partial charge in [0, 0.05) is 16.7 Å². The molecule has 2 rings (SSSR count). The van der Waals surface area contributed by atoms with Crippen LogP contribution >= 0.6 is 39.0 Å². The maximum Gasteiger partial charge on any atom is 0.243 e. The lowest BCUT2D eigenvalue weighted by molar-refractivity contribution is -0.122. The molecule has 138 valence electrons. The van der Waals surface area contributed by atoms with Gasteiger partial charge >= 0.3 is 0 Å². The van der Waals surface area contributed by atoms with Crippen LogP contribution in [0.15, 0.2) is 39.7 Å². The zero-order valence-corrected chi connectivity index (χ0v) is 17.3. The molecule has 1 aromatic carbocycles. The summed E-state index contributed by atoms with van der Waals surface area (Å²) in [5, 5.41) is 17.0. The van der Waals surface area contributed by atoms with Gasteiger partial charge in [-0.25, -0.2) is 0 Å². The summed E-state index contributed by atoms with van der Waals surface area (Å²) in [6.45, 7) is 6.03. The molecule has 0 aliphatic rings. The third-order valence-corrected chi connectivity index (χ3v) is 5.55. The van der Waals surface area contributed by atoms with Crippen LogP contribution < -0.4 is 16.0 Å². The van der Waals surface area contributed by atoms with Crippen LogP contribution in [0.25, 0.3) is 0 Å². The van der Waals surface area contributed by atoms with Gasteiger partial charge in [-0.3, -0.25) is 9.59 Å². The number of rotatable bonds is 9. The summed E-state index contributed by atoms with van der Waals surface area (Å²) >= 11 is 6.01. The molecule has 26 heavy (non-hydrogen) atoms. The van der Waals surface area contributed by atoms with Crippen molar-refractivity contribution >= 4 is 61.7 Å². The summed E-state index contributed by atoms with van der Waals surface area (Å²) in [5.41, 5.74) is 1.65. The average molecular weight is 456 g/mol. The van der Waals surface area contributed by atoms with E-state index in [0.717, 1.165) is 15.7 Å². The van der Waals surface area contributed by atoms with E-state index in [1.807, 2.05) is 25.1 Å². The van der Waals surface area contributed by atoms with Gasteiger partial charge in [-0.15, -0.1) is 16.8 Å². The Morgan fingerprint density at radius 3 is 2.88 bits per heavy atom. The minimum absolute atomic E-state index is 0.0862. The van der Waals surface area contributed by atoms with Gasteiger partial charge in [0.25, 0.3) is 0 Å². The highest BCUT2D eigenvalue weighted by molar-refractivity contribution is 9.10. The third kappa shape index (κ3) is 6.77. The Balaban J connectivity index is 1.71. The molecule has 0 bridgehead atoms. The molecule has 0 atom stereocenters. The molecule has 0 aliphatic carbocycles. The normalized spacial score (nSPS) is 10.2. The van der Waals surface area contributed by atoms with Crippen LogP contribution in [-0.4, -0.2) is 40.9 Å². The number of carbonyl (C=O) groups is 2. The lowest BCUT2D eigenvalue weighted by Crippen LogP contribution is -2.34. The molecule has 2 aromatic rings. The van der Waals surface area contributed by atoms with Crippen molar-refractivity contribution < 1.29 is 9.59 Å². The highest BCUT2D eigenvalue weighted by Crippen LogP contribution is 2.25. The van der Waals surface area contributed by atoms with E-state index in [4.69, 9.17) is 0 Å². The van der Waals surface area contributed by atoms with Crippen molar-refractivity contribution in [3.63, 3.8) is 0 Å². The second-order valence-corrected chi connectivity index (χ2v) is 8.23. The first kappa shape index (κ1) is 20.4.